The van der Waals surface area contributed by atoms with E-state index in [9.17, 15) is 4.79 Å². The summed E-state index contributed by atoms with van der Waals surface area (Å²) in [6.45, 7) is 6.78. The zero-order valence-corrected chi connectivity index (χ0v) is 21.7. The van der Waals surface area contributed by atoms with Crippen LogP contribution >= 0.6 is 0 Å². The molecule has 0 spiro atoms. The second kappa shape index (κ2) is 19.2. The molecule has 1 aromatic rings. The lowest BCUT2D eigenvalue weighted by Gasteiger charge is -2.12. The van der Waals surface area contributed by atoms with Crippen molar-refractivity contribution >= 4 is 5.97 Å². The number of carboxylic acids is 1. The Morgan fingerprint density at radius 3 is 1.31 bits per heavy atom. The van der Waals surface area contributed by atoms with Gasteiger partial charge in [0.1, 0.15) is 0 Å². The fourth-order valence-corrected chi connectivity index (χ4v) is 4.75. The fourth-order valence-electron chi connectivity index (χ4n) is 4.75. The second-order valence-corrected chi connectivity index (χ2v) is 10.0. The van der Waals surface area contributed by atoms with Gasteiger partial charge >= 0.3 is 5.97 Å². The first-order valence-electron chi connectivity index (χ1n) is 13.9. The monoisotopic (exact) mass is 444 g/mol. The van der Waals surface area contributed by atoms with Crippen molar-refractivity contribution in [2.24, 2.45) is 0 Å². The van der Waals surface area contributed by atoms with Crippen molar-refractivity contribution in [1.29, 1.82) is 0 Å². The molecule has 2 heteroatoms. The van der Waals surface area contributed by atoms with E-state index in [1.807, 2.05) is 0 Å². The fraction of sp³-hybridized carbons (Fsp3) is 0.767. The number of hydrogen-bond acceptors (Lipinski definition) is 1. The summed E-state index contributed by atoms with van der Waals surface area (Å²) in [4.78, 5) is 10.6. The number of rotatable bonds is 21. The zero-order chi connectivity index (χ0) is 23.4. The minimum atomic E-state index is -0.676. The molecule has 0 amide bonds. The molecule has 2 nitrogen and oxygen atoms in total. The molecule has 0 aliphatic carbocycles. The molecule has 1 rings (SSSR count). The highest BCUT2D eigenvalue weighted by atomic mass is 16.4. The number of hydrogen-bond donors (Lipinski definition) is 1. The predicted molar refractivity (Wildman–Crippen MR) is 140 cm³/mol. The third-order valence-corrected chi connectivity index (χ3v) is 6.93. The molecule has 184 valence electrons. The van der Waals surface area contributed by atoms with E-state index in [0.29, 0.717) is 6.42 Å². The van der Waals surface area contributed by atoms with Crippen molar-refractivity contribution in [3.8, 4) is 0 Å². The lowest BCUT2D eigenvalue weighted by Crippen LogP contribution is -1.98. The Balaban J connectivity index is 2.06. The average Bonchev–Trinajstić information content (AvgIpc) is 2.76. The smallest absolute Gasteiger partial charge is 0.303 e. The van der Waals surface area contributed by atoms with E-state index in [1.54, 1.807) is 0 Å². The normalized spacial score (nSPS) is 11.2. The molecular formula is C30H52O2. The van der Waals surface area contributed by atoms with Gasteiger partial charge in [0.25, 0.3) is 0 Å². The topological polar surface area (TPSA) is 37.3 Å². The highest BCUT2D eigenvalue weighted by Crippen LogP contribution is 2.21. The van der Waals surface area contributed by atoms with Crippen LogP contribution in [0.2, 0.25) is 0 Å². The van der Waals surface area contributed by atoms with Gasteiger partial charge in [0.2, 0.25) is 0 Å². The molecule has 0 fully saturated rings. The van der Waals surface area contributed by atoms with Crippen molar-refractivity contribution in [3.63, 3.8) is 0 Å². The Labute approximate surface area is 199 Å². The van der Waals surface area contributed by atoms with Gasteiger partial charge in [-0.3, -0.25) is 4.79 Å². The van der Waals surface area contributed by atoms with Crippen LogP contribution in [0.4, 0.5) is 0 Å². The van der Waals surface area contributed by atoms with E-state index < -0.39 is 5.97 Å². The van der Waals surface area contributed by atoms with E-state index in [-0.39, 0.29) is 0 Å². The SMILES string of the molecule is CCCCCCCCCCCCCCCCc1cc(C)c(CCCCCC(=O)O)cc1C. The van der Waals surface area contributed by atoms with Crippen LogP contribution < -0.4 is 0 Å². The van der Waals surface area contributed by atoms with Gasteiger partial charge in [-0.05, 0) is 68.2 Å². The quantitative estimate of drug-likeness (QED) is 0.192. The first-order chi connectivity index (χ1) is 15.5. The number of unbranched alkanes of at least 4 members (excludes halogenated alkanes) is 15. The maximum absolute atomic E-state index is 10.6. The Bertz CT molecular complexity index is 605. The standard InChI is InChI=1S/C30H52O2/c1-4-5-6-7-8-9-10-11-12-13-14-15-16-18-21-28-24-27(3)29(25-26(28)2)22-19-17-20-23-30(31)32/h24-25H,4-23H2,1-3H3,(H,31,32). The molecule has 0 radical (unpaired) electrons. The molecule has 0 aromatic heterocycles. The molecule has 0 unspecified atom stereocenters. The van der Waals surface area contributed by atoms with Crippen LogP contribution in [0.25, 0.3) is 0 Å². The number of benzene rings is 1. The molecule has 0 saturated carbocycles. The predicted octanol–water partition coefficient (Wildman–Crippen LogP) is 9.51. The number of aliphatic carboxylic acids is 1. The van der Waals surface area contributed by atoms with Gasteiger partial charge in [-0.25, -0.2) is 0 Å². The number of aryl methyl sites for hydroxylation is 4. The van der Waals surface area contributed by atoms with Crippen molar-refractivity contribution < 1.29 is 9.90 Å². The molecule has 0 saturated heterocycles. The molecule has 0 atom stereocenters. The minimum Gasteiger partial charge on any atom is -0.481 e. The van der Waals surface area contributed by atoms with Crippen LogP contribution in [0.1, 0.15) is 145 Å². The molecule has 0 aliphatic heterocycles. The van der Waals surface area contributed by atoms with Gasteiger partial charge < -0.3 is 5.11 Å². The van der Waals surface area contributed by atoms with Crippen LogP contribution in [0.15, 0.2) is 12.1 Å². The van der Waals surface area contributed by atoms with Crippen LogP contribution in [-0.2, 0) is 17.6 Å². The van der Waals surface area contributed by atoms with Gasteiger partial charge in [-0.15, -0.1) is 0 Å². The summed E-state index contributed by atoms with van der Waals surface area (Å²) in [7, 11) is 0. The van der Waals surface area contributed by atoms with Crippen LogP contribution in [0.3, 0.4) is 0 Å². The Morgan fingerprint density at radius 2 is 0.938 bits per heavy atom. The van der Waals surface area contributed by atoms with Crippen molar-refractivity contribution in [2.75, 3.05) is 0 Å². The van der Waals surface area contributed by atoms with Crippen molar-refractivity contribution in [2.45, 2.75) is 149 Å². The zero-order valence-electron chi connectivity index (χ0n) is 21.7. The van der Waals surface area contributed by atoms with Crippen molar-refractivity contribution in [1.82, 2.24) is 0 Å². The summed E-state index contributed by atoms with van der Waals surface area (Å²) in [5.74, 6) is -0.676. The summed E-state index contributed by atoms with van der Waals surface area (Å²) in [6, 6.07) is 4.79. The minimum absolute atomic E-state index is 0.302. The van der Waals surface area contributed by atoms with Gasteiger partial charge in [-0.1, -0.05) is 109 Å². The Morgan fingerprint density at radius 1 is 0.594 bits per heavy atom. The maximum atomic E-state index is 10.6. The highest BCUT2D eigenvalue weighted by molar-refractivity contribution is 5.66. The summed E-state index contributed by atoms with van der Waals surface area (Å²) < 4.78 is 0. The molecule has 0 aliphatic rings. The first kappa shape index (κ1) is 28.7. The second-order valence-electron chi connectivity index (χ2n) is 10.0. The van der Waals surface area contributed by atoms with Gasteiger partial charge in [-0.2, -0.15) is 0 Å². The third-order valence-electron chi connectivity index (χ3n) is 6.93. The summed E-state index contributed by atoms with van der Waals surface area (Å²) in [6.07, 6.45) is 25.3. The van der Waals surface area contributed by atoms with Gasteiger partial charge in [0.05, 0.1) is 0 Å². The van der Waals surface area contributed by atoms with Crippen LogP contribution in [0, 0.1) is 13.8 Å². The van der Waals surface area contributed by atoms with E-state index >= 15 is 0 Å². The molecule has 0 bridgehead atoms. The lowest BCUT2D eigenvalue weighted by atomic mass is 9.93. The molecule has 1 N–H and O–H groups in total. The molecule has 0 heterocycles. The van der Waals surface area contributed by atoms with Crippen LogP contribution in [0.5, 0.6) is 0 Å². The van der Waals surface area contributed by atoms with Crippen LogP contribution in [-0.4, -0.2) is 11.1 Å². The van der Waals surface area contributed by atoms with E-state index in [2.05, 4.69) is 32.9 Å². The summed E-state index contributed by atoms with van der Waals surface area (Å²) in [5, 5.41) is 8.74. The summed E-state index contributed by atoms with van der Waals surface area (Å²) >= 11 is 0. The Kier molecular flexibility index (Phi) is 17.2. The average molecular weight is 445 g/mol. The molecular weight excluding hydrogens is 392 g/mol. The van der Waals surface area contributed by atoms with Gasteiger partial charge in [0, 0.05) is 6.42 Å². The molecule has 32 heavy (non-hydrogen) atoms. The molecule has 1 aromatic carbocycles. The van der Waals surface area contributed by atoms with Gasteiger partial charge in [0.15, 0.2) is 0 Å². The number of carbonyl (C=O) groups is 1. The van der Waals surface area contributed by atoms with E-state index in [4.69, 9.17) is 5.11 Å². The van der Waals surface area contributed by atoms with E-state index in [1.165, 1.54) is 119 Å². The highest BCUT2D eigenvalue weighted by Gasteiger charge is 2.06. The summed E-state index contributed by atoms with van der Waals surface area (Å²) in [5.41, 5.74) is 5.82. The Hall–Kier alpha value is -1.31. The third kappa shape index (κ3) is 14.7. The maximum Gasteiger partial charge on any atom is 0.303 e. The lowest BCUT2D eigenvalue weighted by molar-refractivity contribution is -0.137. The number of carboxylic acid groups (broad SMARTS) is 1. The first-order valence-corrected chi connectivity index (χ1v) is 13.9. The van der Waals surface area contributed by atoms with Crippen molar-refractivity contribution in [3.05, 3.63) is 34.4 Å². The van der Waals surface area contributed by atoms with E-state index in [0.717, 1.165) is 25.7 Å². The largest absolute Gasteiger partial charge is 0.481 e.